The fraction of sp³-hybridized carbons (Fsp3) is 0.556. The molecule has 0 N–H and O–H groups in total. The van der Waals surface area contributed by atoms with Crippen LogP contribution in [0.1, 0.15) is 52.0 Å². The predicted molar refractivity (Wildman–Crippen MR) is 137 cm³/mol. The highest BCUT2D eigenvalue weighted by molar-refractivity contribution is 7.90. The van der Waals surface area contributed by atoms with Crippen LogP contribution in [-0.2, 0) is 21.1 Å². The quantitative estimate of drug-likeness (QED) is 0.546. The number of nitrogens with zero attached hydrogens (tertiary/aromatic N) is 3. The van der Waals surface area contributed by atoms with Gasteiger partial charge in [0.25, 0.3) is 0 Å². The summed E-state index contributed by atoms with van der Waals surface area (Å²) in [5, 5.41) is 0. The van der Waals surface area contributed by atoms with Crippen molar-refractivity contribution >= 4 is 15.9 Å². The molecule has 4 rings (SSSR count). The first-order chi connectivity index (χ1) is 16.5. The molecule has 2 aromatic rings. The van der Waals surface area contributed by atoms with Crippen LogP contribution in [0.3, 0.4) is 0 Å². The number of likely N-dealkylation sites (tertiary alicyclic amines) is 1. The molecule has 0 bridgehead atoms. The molecule has 2 aliphatic rings. The van der Waals surface area contributed by atoms with Gasteiger partial charge in [0.05, 0.1) is 10.6 Å². The summed E-state index contributed by atoms with van der Waals surface area (Å²) < 4.78 is 28.9. The number of amides is 1. The van der Waals surface area contributed by atoms with Gasteiger partial charge in [-0.1, -0.05) is 18.2 Å². The molecule has 35 heavy (non-hydrogen) atoms. The Hall–Kier alpha value is -2.45. The van der Waals surface area contributed by atoms with E-state index in [4.69, 9.17) is 4.74 Å². The van der Waals surface area contributed by atoms with Crippen molar-refractivity contribution in [2.75, 3.05) is 25.9 Å². The first-order valence-electron chi connectivity index (χ1n) is 12.5. The lowest BCUT2D eigenvalue weighted by atomic mass is 10.0. The van der Waals surface area contributed by atoms with Gasteiger partial charge in [0.1, 0.15) is 5.60 Å². The molecular weight excluding hydrogens is 462 g/mol. The number of ether oxygens (including phenoxy) is 1. The fourth-order valence-corrected chi connectivity index (χ4v) is 5.14. The topological polar surface area (TPSA) is 79.8 Å². The Labute approximate surface area is 209 Å². The molecule has 7 nitrogen and oxygen atoms in total. The molecule has 1 amide bonds. The van der Waals surface area contributed by atoms with E-state index < -0.39 is 15.4 Å². The van der Waals surface area contributed by atoms with Crippen LogP contribution < -0.4 is 0 Å². The van der Waals surface area contributed by atoms with E-state index in [9.17, 15) is 13.2 Å². The Kier molecular flexibility index (Phi) is 7.52. The van der Waals surface area contributed by atoms with Gasteiger partial charge in [-0.15, -0.1) is 0 Å². The molecule has 2 fully saturated rings. The number of benzene rings is 1. The standard InChI is InChI=1S/C27H37N3O4S/c1-27(2,3)34-26(31)29-15-13-23(14-16-29)30(18-20-5-6-20)19-21-7-12-25(28-17-21)22-8-10-24(11-9-22)35(4,32)33/h7-12,17,20,23H,5-6,13-16,18-19H2,1-4H3. The van der Waals surface area contributed by atoms with E-state index >= 15 is 0 Å². The summed E-state index contributed by atoms with van der Waals surface area (Å²) in [5.74, 6) is 0.777. The molecule has 1 aliphatic heterocycles. The van der Waals surface area contributed by atoms with E-state index in [1.165, 1.54) is 19.1 Å². The summed E-state index contributed by atoms with van der Waals surface area (Å²) in [5.41, 5.74) is 2.42. The number of pyridine rings is 1. The molecule has 1 aliphatic carbocycles. The van der Waals surface area contributed by atoms with Crippen LogP contribution in [0.5, 0.6) is 0 Å². The van der Waals surface area contributed by atoms with Crippen LogP contribution in [0.15, 0.2) is 47.5 Å². The van der Waals surface area contributed by atoms with E-state index in [-0.39, 0.29) is 6.09 Å². The summed E-state index contributed by atoms with van der Waals surface area (Å²) >= 11 is 0. The second-order valence-electron chi connectivity index (χ2n) is 10.9. The number of rotatable bonds is 7. The number of sulfone groups is 1. The van der Waals surface area contributed by atoms with Crippen molar-refractivity contribution in [3.63, 3.8) is 0 Å². The molecule has 0 atom stereocenters. The average Bonchev–Trinajstić information content (AvgIpc) is 3.62. The summed E-state index contributed by atoms with van der Waals surface area (Å²) in [6.07, 6.45) is 7.42. The van der Waals surface area contributed by atoms with Crippen molar-refractivity contribution in [1.82, 2.24) is 14.8 Å². The van der Waals surface area contributed by atoms with Crippen LogP contribution in [0.2, 0.25) is 0 Å². The van der Waals surface area contributed by atoms with Crippen LogP contribution in [0.4, 0.5) is 4.79 Å². The Morgan fingerprint density at radius 1 is 1.06 bits per heavy atom. The zero-order valence-corrected chi connectivity index (χ0v) is 22.1. The van der Waals surface area contributed by atoms with Crippen molar-refractivity contribution in [3.8, 4) is 11.3 Å². The number of piperidine rings is 1. The third-order valence-electron chi connectivity index (χ3n) is 6.61. The molecule has 0 spiro atoms. The molecule has 1 aromatic heterocycles. The molecule has 190 valence electrons. The first kappa shape index (κ1) is 25.6. The van der Waals surface area contributed by atoms with E-state index in [0.29, 0.717) is 10.9 Å². The molecule has 8 heteroatoms. The number of carbonyl (C=O) groups excluding carboxylic acids is 1. The third kappa shape index (κ3) is 7.27. The van der Waals surface area contributed by atoms with Crippen LogP contribution in [-0.4, -0.2) is 66.8 Å². The van der Waals surface area contributed by atoms with Crippen molar-refractivity contribution in [3.05, 3.63) is 48.2 Å². The first-order valence-corrected chi connectivity index (χ1v) is 14.3. The predicted octanol–water partition coefficient (Wildman–Crippen LogP) is 4.76. The number of aromatic nitrogens is 1. The highest BCUT2D eigenvalue weighted by atomic mass is 32.2. The van der Waals surface area contributed by atoms with Gasteiger partial charge < -0.3 is 9.64 Å². The minimum absolute atomic E-state index is 0.214. The van der Waals surface area contributed by atoms with E-state index in [1.54, 1.807) is 24.3 Å². The molecule has 0 radical (unpaired) electrons. The maximum atomic E-state index is 12.4. The van der Waals surface area contributed by atoms with Crippen molar-refractivity contribution < 1.29 is 17.9 Å². The van der Waals surface area contributed by atoms with Gasteiger partial charge in [-0.2, -0.15) is 0 Å². The lowest BCUT2D eigenvalue weighted by molar-refractivity contribution is 0.0134. The summed E-state index contributed by atoms with van der Waals surface area (Å²) in [6.45, 7) is 9.08. The lowest BCUT2D eigenvalue weighted by Gasteiger charge is -2.39. The Bertz CT molecular complexity index is 1110. The van der Waals surface area contributed by atoms with Crippen molar-refractivity contribution in [2.45, 2.75) is 69.5 Å². The molecular formula is C27H37N3O4S. The molecule has 1 saturated carbocycles. The zero-order valence-electron chi connectivity index (χ0n) is 21.2. The van der Waals surface area contributed by atoms with Gasteiger partial charge in [0.15, 0.2) is 9.84 Å². The largest absolute Gasteiger partial charge is 0.444 e. The normalized spacial score (nSPS) is 17.6. The highest BCUT2D eigenvalue weighted by Crippen LogP contribution is 2.32. The zero-order chi connectivity index (χ0) is 25.2. The molecule has 0 unspecified atom stereocenters. The molecule has 1 aromatic carbocycles. The second kappa shape index (κ2) is 10.3. The SMILES string of the molecule is CC(C)(C)OC(=O)N1CCC(N(Cc2ccc(-c3ccc(S(C)(=O)=O)cc3)nc2)CC2CC2)CC1. The van der Waals surface area contributed by atoms with Gasteiger partial charge in [-0.25, -0.2) is 13.2 Å². The Balaban J connectivity index is 1.38. The lowest BCUT2D eigenvalue weighted by Crippen LogP contribution is -2.48. The third-order valence-corrected chi connectivity index (χ3v) is 7.74. The molecule has 1 saturated heterocycles. The maximum absolute atomic E-state index is 12.4. The van der Waals surface area contributed by atoms with E-state index in [1.807, 2.05) is 37.9 Å². The minimum Gasteiger partial charge on any atom is -0.444 e. The van der Waals surface area contributed by atoms with Gasteiger partial charge >= 0.3 is 6.09 Å². The number of hydrogen-bond donors (Lipinski definition) is 0. The van der Waals surface area contributed by atoms with Crippen LogP contribution in [0, 0.1) is 5.92 Å². The molecule has 2 heterocycles. The highest BCUT2D eigenvalue weighted by Gasteiger charge is 2.32. The van der Waals surface area contributed by atoms with Gasteiger partial charge in [-0.3, -0.25) is 9.88 Å². The Morgan fingerprint density at radius 2 is 1.71 bits per heavy atom. The summed E-state index contributed by atoms with van der Waals surface area (Å²) in [7, 11) is -3.21. The monoisotopic (exact) mass is 499 g/mol. The van der Waals surface area contributed by atoms with E-state index in [0.717, 1.165) is 61.8 Å². The van der Waals surface area contributed by atoms with Crippen LogP contribution >= 0.6 is 0 Å². The Morgan fingerprint density at radius 3 is 2.23 bits per heavy atom. The van der Waals surface area contributed by atoms with Crippen LogP contribution in [0.25, 0.3) is 11.3 Å². The fourth-order valence-electron chi connectivity index (χ4n) is 4.51. The number of hydrogen-bond acceptors (Lipinski definition) is 6. The average molecular weight is 500 g/mol. The van der Waals surface area contributed by atoms with Crippen molar-refractivity contribution in [2.24, 2.45) is 5.92 Å². The number of carbonyl (C=O) groups is 1. The second-order valence-corrected chi connectivity index (χ2v) is 12.9. The smallest absolute Gasteiger partial charge is 0.410 e. The summed E-state index contributed by atoms with van der Waals surface area (Å²) in [4.78, 5) is 21.8. The van der Waals surface area contributed by atoms with Gasteiger partial charge in [-0.05, 0) is 76.1 Å². The minimum atomic E-state index is -3.21. The van der Waals surface area contributed by atoms with Crippen molar-refractivity contribution in [1.29, 1.82) is 0 Å². The van der Waals surface area contributed by atoms with E-state index in [2.05, 4.69) is 16.0 Å². The maximum Gasteiger partial charge on any atom is 0.410 e. The van der Waals surface area contributed by atoms with Gasteiger partial charge in [0.2, 0.25) is 0 Å². The van der Waals surface area contributed by atoms with Gasteiger partial charge in [0, 0.05) is 50.2 Å². The summed E-state index contributed by atoms with van der Waals surface area (Å²) in [6, 6.07) is 11.4.